The van der Waals surface area contributed by atoms with Gasteiger partial charge in [0.1, 0.15) is 11.6 Å². The summed E-state index contributed by atoms with van der Waals surface area (Å²) in [7, 11) is 0. The fraction of sp³-hybridized carbons (Fsp3) is 0.500. The van der Waals surface area contributed by atoms with Crippen LogP contribution in [-0.4, -0.2) is 16.2 Å². The molecule has 98 valence electrons. The van der Waals surface area contributed by atoms with Crippen LogP contribution in [0.4, 0.5) is 0 Å². The SMILES string of the molecule is CCCCn1c(CN)nc2cc(OCC)ccc21. The maximum Gasteiger partial charge on any atom is 0.123 e. The molecule has 0 radical (unpaired) electrons. The van der Waals surface area contributed by atoms with E-state index in [9.17, 15) is 0 Å². The van der Waals surface area contributed by atoms with Gasteiger partial charge < -0.3 is 15.0 Å². The van der Waals surface area contributed by atoms with E-state index >= 15 is 0 Å². The summed E-state index contributed by atoms with van der Waals surface area (Å²) in [5.74, 6) is 1.82. The number of unbranched alkanes of at least 4 members (excludes halogenated alkanes) is 1. The van der Waals surface area contributed by atoms with Crippen LogP contribution in [-0.2, 0) is 13.1 Å². The Hall–Kier alpha value is -1.55. The van der Waals surface area contributed by atoms with Crippen LogP contribution < -0.4 is 10.5 Å². The summed E-state index contributed by atoms with van der Waals surface area (Å²) in [5, 5.41) is 0. The van der Waals surface area contributed by atoms with Crippen LogP contribution in [0, 0.1) is 0 Å². The lowest BCUT2D eigenvalue weighted by atomic mass is 10.3. The number of hydrogen-bond acceptors (Lipinski definition) is 3. The zero-order valence-electron chi connectivity index (χ0n) is 11.1. The Morgan fingerprint density at radius 3 is 2.83 bits per heavy atom. The van der Waals surface area contributed by atoms with E-state index < -0.39 is 0 Å². The molecular formula is C14H21N3O. The highest BCUT2D eigenvalue weighted by Gasteiger charge is 2.09. The molecule has 1 aromatic carbocycles. The molecule has 0 aliphatic carbocycles. The van der Waals surface area contributed by atoms with Crippen LogP contribution in [0.15, 0.2) is 18.2 Å². The van der Waals surface area contributed by atoms with E-state index in [4.69, 9.17) is 10.5 Å². The summed E-state index contributed by atoms with van der Waals surface area (Å²) >= 11 is 0. The molecule has 1 aromatic heterocycles. The number of nitrogens with two attached hydrogens (primary N) is 1. The first-order chi connectivity index (χ1) is 8.80. The molecule has 0 unspecified atom stereocenters. The van der Waals surface area contributed by atoms with E-state index in [0.717, 1.165) is 35.6 Å². The summed E-state index contributed by atoms with van der Waals surface area (Å²) in [5.41, 5.74) is 7.88. The van der Waals surface area contributed by atoms with Gasteiger partial charge in [0.05, 0.1) is 24.2 Å². The quantitative estimate of drug-likeness (QED) is 0.854. The van der Waals surface area contributed by atoms with Crippen LogP contribution in [0.3, 0.4) is 0 Å². The standard InChI is InChI=1S/C14H21N3O/c1-3-5-8-17-13-7-6-11(18-4-2)9-12(13)16-14(17)10-15/h6-7,9H,3-5,8,10,15H2,1-2H3. The van der Waals surface area contributed by atoms with Gasteiger partial charge in [-0.3, -0.25) is 0 Å². The lowest BCUT2D eigenvalue weighted by Gasteiger charge is -2.07. The second kappa shape index (κ2) is 5.87. The predicted molar refractivity (Wildman–Crippen MR) is 73.7 cm³/mol. The van der Waals surface area contributed by atoms with Crippen LogP contribution >= 0.6 is 0 Å². The number of benzene rings is 1. The third-order valence-electron chi connectivity index (χ3n) is 3.03. The zero-order valence-corrected chi connectivity index (χ0v) is 11.1. The van der Waals surface area contributed by atoms with Crippen molar-refractivity contribution in [2.75, 3.05) is 6.61 Å². The lowest BCUT2D eigenvalue weighted by molar-refractivity contribution is 0.340. The predicted octanol–water partition coefficient (Wildman–Crippen LogP) is 2.69. The van der Waals surface area contributed by atoms with Crippen molar-refractivity contribution in [3.8, 4) is 5.75 Å². The number of nitrogens with zero attached hydrogens (tertiary/aromatic N) is 2. The monoisotopic (exact) mass is 247 g/mol. The summed E-state index contributed by atoms with van der Waals surface area (Å²) < 4.78 is 7.71. The minimum absolute atomic E-state index is 0.475. The van der Waals surface area contributed by atoms with Crippen molar-refractivity contribution in [3.63, 3.8) is 0 Å². The number of imidazole rings is 1. The lowest BCUT2D eigenvalue weighted by Crippen LogP contribution is -2.08. The molecule has 0 aliphatic rings. The van der Waals surface area contributed by atoms with E-state index in [1.165, 1.54) is 6.42 Å². The van der Waals surface area contributed by atoms with Crippen LogP contribution in [0.25, 0.3) is 11.0 Å². The molecule has 0 atom stereocenters. The van der Waals surface area contributed by atoms with Crippen molar-refractivity contribution in [2.24, 2.45) is 5.73 Å². The highest BCUT2D eigenvalue weighted by molar-refractivity contribution is 5.77. The smallest absolute Gasteiger partial charge is 0.123 e. The number of aryl methyl sites for hydroxylation is 1. The second-order valence-corrected chi connectivity index (χ2v) is 4.32. The minimum Gasteiger partial charge on any atom is -0.494 e. The zero-order chi connectivity index (χ0) is 13.0. The van der Waals surface area contributed by atoms with Gasteiger partial charge in [0, 0.05) is 12.6 Å². The number of hydrogen-bond donors (Lipinski definition) is 1. The van der Waals surface area contributed by atoms with Crippen LogP contribution in [0.2, 0.25) is 0 Å². The summed E-state index contributed by atoms with van der Waals surface area (Å²) in [4.78, 5) is 4.58. The summed E-state index contributed by atoms with van der Waals surface area (Å²) in [6, 6.07) is 6.05. The van der Waals surface area contributed by atoms with E-state index in [1.807, 2.05) is 19.1 Å². The van der Waals surface area contributed by atoms with Crippen molar-refractivity contribution >= 4 is 11.0 Å². The van der Waals surface area contributed by atoms with Gasteiger partial charge in [-0.15, -0.1) is 0 Å². The van der Waals surface area contributed by atoms with Gasteiger partial charge in [0.25, 0.3) is 0 Å². The van der Waals surface area contributed by atoms with Gasteiger partial charge in [0.2, 0.25) is 0 Å². The third kappa shape index (κ3) is 2.48. The number of ether oxygens (including phenoxy) is 1. The van der Waals surface area contributed by atoms with E-state index in [0.29, 0.717) is 13.2 Å². The minimum atomic E-state index is 0.475. The van der Waals surface area contributed by atoms with Crippen molar-refractivity contribution in [2.45, 2.75) is 39.8 Å². The molecule has 0 saturated carbocycles. The molecule has 2 aromatic rings. The van der Waals surface area contributed by atoms with Gasteiger partial charge in [-0.05, 0) is 25.5 Å². The Morgan fingerprint density at radius 1 is 1.33 bits per heavy atom. The van der Waals surface area contributed by atoms with Gasteiger partial charge in [-0.2, -0.15) is 0 Å². The Bertz CT molecular complexity index is 519. The van der Waals surface area contributed by atoms with E-state index in [-0.39, 0.29) is 0 Å². The van der Waals surface area contributed by atoms with Gasteiger partial charge in [0.15, 0.2) is 0 Å². The Kier molecular flexibility index (Phi) is 4.20. The van der Waals surface area contributed by atoms with Crippen molar-refractivity contribution in [1.82, 2.24) is 9.55 Å². The number of aromatic nitrogens is 2. The van der Waals surface area contributed by atoms with Gasteiger partial charge >= 0.3 is 0 Å². The van der Waals surface area contributed by atoms with Gasteiger partial charge in [-0.25, -0.2) is 4.98 Å². The fourth-order valence-electron chi connectivity index (χ4n) is 2.14. The van der Waals surface area contributed by atoms with Crippen molar-refractivity contribution in [1.29, 1.82) is 0 Å². The van der Waals surface area contributed by atoms with Gasteiger partial charge in [-0.1, -0.05) is 13.3 Å². The van der Waals surface area contributed by atoms with Crippen molar-refractivity contribution < 1.29 is 4.74 Å². The first-order valence-corrected chi connectivity index (χ1v) is 6.62. The molecule has 0 bridgehead atoms. The van der Waals surface area contributed by atoms with Crippen molar-refractivity contribution in [3.05, 3.63) is 24.0 Å². The van der Waals surface area contributed by atoms with Crippen LogP contribution in [0.1, 0.15) is 32.5 Å². The first kappa shape index (κ1) is 12.9. The molecule has 1 heterocycles. The highest BCUT2D eigenvalue weighted by atomic mass is 16.5. The molecule has 0 fully saturated rings. The third-order valence-corrected chi connectivity index (χ3v) is 3.03. The average molecular weight is 247 g/mol. The number of fused-ring (bicyclic) bond motifs is 1. The van der Waals surface area contributed by atoms with E-state index in [1.54, 1.807) is 0 Å². The largest absolute Gasteiger partial charge is 0.494 e. The molecule has 4 nitrogen and oxygen atoms in total. The topological polar surface area (TPSA) is 53.1 Å². The normalized spacial score (nSPS) is 11.1. The molecule has 0 aliphatic heterocycles. The average Bonchev–Trinajstić information content (AvgIpc) is 2.73. The summed E-state index contributed by atoms with van der Waals surface area (Å²) in [6.45, 7) is 6.30. The molecule has 4 heteroatoms. The Labute approximate surface area is 108 Å². The molecule has 2 rings (SSSR count). The maximum absolute atomic E-state index is 5.77. The van der Waals surface area contributed by atoms with Crippen LogP contribution in [0.5, 0.6) is 5.75 Å². The molecule has 18 heavy (non-hydrogen) atoms. The fourth-order valence-corrected chi connectivity index (χ4v) is 2.14. The van der Waals surface area contributed by atoms with E-state index in [2.05, 4.69) is 22.5 Å². The molecule has 2 N–H and O–H groups in total. The summed E-state index contributed by atoms with van der Waals surface area (Å²) in [6.07, 6.45) is 2.31. The Morgan fingerprint density at radius 2 is 2.17 bits per heavy atom. The molecule has 0 saturated heterocycles. The molecule has 0 spiro atoms. The second-order valence-electron chi connectivity index (χ2n) is 4.32. The maximum atomic E-state index is 5.77. The number of rotatable bonds is 6. The molecule has 0 amide bonds. The Balaban J connectivity index is 2.41. The molecular weight excluding hydrogens is 226 g/mol. The first-order valence-electron chi connectivity index (χ1n) is 6.62. The highest BCUT2D eigenvalue weighted by Crippen LogP contribution is 2.22.